The van der Waals surface area contributed by atoms with Gasteiger partial charge in [-0.2, -0.15) is 5.10 Å². The number of aryl methyl sites for hydroxylation is 1. The van der Waals surface area contributed by atoms with Crippen molar-refractivity contribution in [2.45, 2.75) is 6.92 Å². The summed E-state index contributed by atoms with van der Waals surface area (Å²) in [5, 5.41) is 5.62. The monoisotopic (exact) mass is 438 g/mol. The zero-order valence-electron chi connectivity index (χ0n) is 17.5. The molecule has 8 heteroatoms. The highest BCUT2D eigenvalue weighted by Gasteiger charge is 2.17. The van der Waals surface area contributed by atoms with Crippen LogP contribution in [0.1, 0.15) is 21.6 Å². The maximum Gasteiger partial charge on any atom is 0.325 e. The second-order valence-corrected chi connectivity index (χ2v) is 7.47. The molecule has 0 fully saturated rings. The van der Waals surface area contributed by atoms with Crippen LogP contribution in [-0.2, 0) is 0 Å². The van der Waals surface area contributed by atoms with Crippen LogP contribution in [0.2, 0.25) is 0 Å². The van der Waals surface area contributed by atoms with Crippen LogP contribution in [0.15, 0.2) is 86.9 Å². The van der Waals surface area contributed by atoms with Gasteiger partial charge in [-0.15, -0.1) is 0 Å². The van der Waals surface area contributed by atoms with Crippen LogP contribution >= 0.6 is 0 Å². The molecule has 8 nitrogen and oxygen atoms in total. The van der Waals surface area contributed by atoms with Crippen LogP contribution in [0.4, 0.5) is 0 Å². The second kappa shape index (κ2) is 8.08. The third kappa shape index (κ3) is 3.85. The maximum absolute atomic E-state index is 12.8. The topological polar surface area (TPSA) is 114 Å². The summed E-state index contributed by atoms with van der Waals surface area (Å²) in [5.41, 5.74) is 1.44. The molecule has 2 aromatic carbocycles. The number of H-pyrrole nitrogens is 2. The van der Waals surface area contributed by atoms with E-state index in [9.17, 15) is 14.4 Å². The Hall–Kier alpha value is -4.72. The molecule has 0 saturated carbocycles. The standard InChI is InChI=1S/C25H18N4O4/c1-15-22(24(31)27-25(32)26-15)19(30)12-11-17-14-29(18-8-3-2-4-9-18)28-23(17)21-13-16-7-5-6-10-20(16)33-21/h2-14H,1H3,(H2,26,27,31,32)/b12-11+. The minimum absolute atomic E-state index is 0.119. The second-order valence-electron chi connectivity index (χ2n) is 7.47. The molecule has 0 spiro atoms. The quantitative estimate of drug-likeness (QED) is 0.319. The first-order valence-electron chi connectivity index (χ1n) is 10.2. The van der Waals surface area contributed by atoms with Crippen LogP contribution in [0.3, 0.4) is 0 Å². The van der Waals surface area contributed by atoms with E-state index in [1.165, 1.54) is 13.0 Å². The molecule has 5 rings (SSSR count). The molecule has 0 unspecified atom stereocenters. The molecule has 0 saturated heterocycles. The number of rotatable bonds is 5. The SMILES string of the molecule is Cc1[nH]c(=O)[nH]c(=O)c1C(=O)/C=C/c1cn(-c2ccccc2)nc1-c1cc2ccccc2o1. The molecule has 3 aromatic heterocycles. The Balaban J connectivity index is 1.60. The molecule has 0 radical (unpaired) electrons. The van der Waals surface area contributed by atoms with Gasteiger partial charge in [0.15, 0.2) is 11.5 Å². The van der Waals surface area contributed by atoms with E-state index in [1.54, 1.807) is 17.0 Å². The van der Waals surface area contributed by atoms with Gasteiger partial charge in [0, 0.05) is 22.8 Å². The average Bonchev–Trinajstić information content (AvgIpc) is 3.41. The van der Waals surface area contributed by atoms with E-state index >= 15 is 0 Å². The molecule has 0 aliphatic rings. The Kier molecular flexibility index (Phi) is 4.95. The number of aromatic nitrogens is 4. The van der Waals surface area contributed by atoms with Crippen LogP contribution in [0, 0.1) is 6.92 Å². The van der Waals surface area contributed by atoms with Crippen molar-refractivity contribution >= 4 is 22.8 Å². The molecule has 162 valence electrons. The Morgan fingerprint density at radius 1 is 1.03 bits per heavy atom. The summed E-state index contributed by atoms with van der Waals surface area (Å²) in [7, 11) is 0. The number of fused-ring (bicyclic) bond motifs is 1. The van der Waals surface area contributed by atoms with E-state index in [2.05, 4.69) is 15.1 Å². The van der Waals surface area contributed by atoms with Gasteiger partial charge in [0.05, 0.1) is 5.69 Å². The fourth-order valence-corrected chi connectivity index (χ4v) is 3.66. The Morgan fingerprint density at radius 3 is 2.55 bits per heavy atom. The van der Waals surface area contributed by atoms with Crippen molar-refractivity contribution < 1.29 is 9.21 Å². The Bertz CT molecular complexity index is 1600. The number of hydrogen-bond acceptors (Lipinski definition) is 5. The van der Waals surface area contributed by atoms with Gasteiger partial charge in [-0.1, -0.05) is 36.4 Å². The highest BCUT2D eigenvalue weighted by atomic mass is 16.3. The lowest BCUT2D eigenvalue weighted by Crippen LogP contribution is -2.29. The number of furan rings is 1. The largest absolute Gasteiger partial charge is 0.454 e. The lowest BCUT2D eigenvalue weighted by molar-refractivity contribution is 0.104. The van der Waals surface area contributed by atoms with E-state index in [4.69, 9.17) is 4.42 Å². The number of benzene rings is 2. The number of carbonyl (C=O) groups is 1. The smallest absolute Gasteiger partial charge is 0.325 e. The molecule has 5 aromatic rings. The van der Waals surface area contributed by atoms with E-state index in [1.807, 2.05) is 60.7 Å². The first-order chi connectivity index (χ1) is 16.0. The van der Waals surface area contributed by atoms with Crippen LogP contribution in [0.25, 0.3) is 34.2 Å². The molecule has 33 heavy (non-hydrogen) atoms. The summed E-state index contributed by atoms with van der Waals surface area (Å²) in [5.74, 6) is 0.0177. The van der Waals surface area contributed by atoms with Crippen molar-refractivity contribution in [1.29, 1.82) is 0 Å². The van der Waals surface area contributed by atoms with E-state index in [0.717, 1.165) is 16.7 Å². The summed E-state index contributed by atoms with van der Waals surface area (Å²) in [6.45, 7) is 1.50. The lowest BCUT2D eigenvalue weighted by Gasteiger charge is -1.99. The van der Waals surface area contributed by atoms with Gasteiger partial charge >= 0.3 is 5.69 Å². The van der Waals surface area contributed by atoms with Crippen molar-refractivity contribution in [2.24, 2.45) is 0 Å². The van der Waals surface area contributed by atoms with Crippen molar-refractivity contribution in [3.05, 3.63) is 111 Å². The van der Waals surface area contributed by atoms with Crippen molar-refractivity contribution in [1.82, 2.24) is 19.7 Å². The maximum atomic E-state index is 12.8. The number of allylic oxidation sites excluding steroid dienone is 1. The lowest BCUT2D eigenvalue weighted by atomic mass is 10.1. The molecule has 0 atom stereocenters. The molecule has 0 aliphatic carbocycles. The molecule has 3 heterocycles. The van der Waals surface area contributed by atoms with E-state index in [-0.39, 0.29) is 11.3 Å². The van der Waals surface area contributed by atoms with Crippen LogP contribution < -0.4 is 11.2 Å². The minimum atomic E-state index is -0.733. The third-order valence-corrected chi connectivity index (χ3v) is 5.21. The van der Waals surface area contributed by atoms with Gasteiger partial charge in [0.2, 0.25) is 0 Å². The zero-order valence-corrected chi connectivity index (χ0v) is 17.5. The van der Waals surface area contributed by atoms with E-state index < -0.39 is 17.0 Å². The fraction of sp³-hybridized carbons (Fsp3) is 0.0400. The summed E-state index contributed by atoms with van der Waals surface area (Å²) >= 11 is 0. The minimum Gasteiger partial charge on any atom is -0.454 e. The van der Waals surface area contributed by atoms with Crippen LogP contribution in [0.5, 0.6) is 0 Å². The van der Waals surface area contributed by atoms with Gasteiger partial charge in [-0.25, -0.2) is 9.48 Å². The molecule has 0 aliphatic heterocycles. The van der Waals surface area contributed by atoms with Gasteiger partial charge in [0.1, 0.15) is 16.8 Å². The number of aromatic amines is 2. The molecule has 0 amide bonds. The van der Waals surface area contributed by atoms with Gasteiger partial charge in [-0.3, -0.25) is 14.6 Å². The van der Waals surface area contributed by atoms with Gasteiger partial charge < -0.3 is 9.40 Å². The summed E-state index contributed by atoms with van der Waals surface area (Å²) in [4.78, 5) is 40.8. The predicted molar refractivity (Wildman–Crippen MR) is 125 cm³/mol. The third-order valence-electron chi connectivity index (χ3n) is 5.21. The van der Waals surface area contributed by atoms with E-state index in [0.29, 0.717) is 17.0 Å². The average molecular weight is 438 g/mol. The van der Waals surface area contributed by atoms with Crippen LogP contribution in [-0.4, -0.2) is 25.5 Å². The highest BCUT2D eigenvalue weighted by Crippen LogP contribution is 2.30. The number of ketones is 1. The first kappa shape index (κ1) is 20.2. The summed E-state index contributed by atoms with van der Waals surface area (Å²) in [6, 6.07) is 19.1. The fourth-order valence-electron chi connectivity index (χ4n) is 3.66. The molecular formula is C25H18N4O4. The first-order valence-corrected chi connectivity index (χ1v) is 10.2. The zero-order chi connectivity index (χ0) is 22.9. The number of para-hydroxylation sites is 2. The number of nitrogens with one attached hydrogen (secondary N) is 2. The van der Waals surface area contributed by atoms with Gasteiger partial charge in [-0.05, 0) is 43.3 Å². The Labute approximate surface area is 186 Å². The molecular weight excluding hydrogens is 420 g/mol. The van der Waals surface area contributed by atoms with Gasteiger partial charge in [0.25, 0.3) is 5.56 Å². The van der Waals surface area contributed by atoms with Crippen molar-refractivity contribution in [3.8, 4) is 17.1 Å². The number of nitrogens with zero attached hydrogens (tertiary/aromatic N) is 2. The van der Waals surface area contributed by atoms with Crippen molar-refractivity contribution in [2.75, 3.05) is 0 Å². The number of carbonyl (C=O) groups excluding carboxylic acids is 1. The summed E-state index contributed by atoms with van der Waals surface area (Å²) < 4.78 is 7.70. The van der Waals surface area contributed by atoms with Crippen molar-refractivity contribution in [3.63, 3.8) is 0 Å². The predicted octanol–water partition coefficient (Wildman–Crippen LogP) is 3.87. The Morgan fingerprint density at radius 2 is 1.79 bits per heavy atom. The summed E-state index contributed by atoms with van der Waals surface area (Å²) in [6.07, 6.45) is 4.65. The molecule has 2 N–H and O–H groups in total. The highest BCUT2D eigenvalue weighted by molar-refractivity contribution is 6.07. The number of hydrogen-bond donors (Lipinski definition) is 2. The normalized spacial score (nSPS) is 11.4. The molecule has 0 bridgehead atoms.